The molecule has 1 aliphatic heterocycles. The van der Waals surface area contributed by atoms with Crippen molar-refractivity contribution in [1.82, 2.24) is 4.98 Å². The lowest BCUT2D eigenvalue weighted by molar-refractivity contribution is 0.208. The minimum atomic E-state index is 0. The lowest BCUT2D eigenvalue weighted by atomic mass is 9.98. The molecule has 2 heterocycles. The van der Waals surface area contributed by atoms with Crippen molar-refractivity contribution in [3.8, 4) is 5.75 Å². The van der Waals surface area contributed by atoms with E-state index in [4.69, 9.17) is 10.5 Å². The number of piperidine rings is 1. The van der Waals surface area contributed by atoms with Crippen molar-refractivity contribution in [3.05, 3.63) is 12.3 Å². The number of aliphatic hydroxyl groups is 1. The van der Waals surface area contributed by atoms with E-state index >= 15 is 0 Å². The van der Waals surface area contributed by atoms with Crippen LogP contribution in [0, 0.1) is 5.92 Å². The van der Waals surface area contributed by atoms with Gasteiger partial charge < -0.3 is 20.5 Å². The molecule has 0 radical (unpaired) electrons. The van der Waals surface area contributed by atoms with E-state index in [0.717, 1.165) is 37.4 Å². The molecule has 0 aliphatic carbocycles. The fourth-order valence-electron chi connectivity index (χ4n) is 2.28. The molecule has 0 aromatic carbocycles. The first-order valence-corrected chi connectivity index (χ1v) is 5.90. The number of nitrogens with zero attached hydrogens (tertiary/aromatic N) is 2. The van der Waals surface area contributed by atoms with Gasteiger partial charge in [-0.15, -0.1) is 12.4 Å². The summed E-state index contributed by atoms with van der Waals surface area (Å²) in [5.74, 6) is 1.54. The molecule has 18 heavy (non-hydrogen) atoms. The number of aromatic nitrogens is 1. The minimum absolute atomic E-state index is 0. The highest BCUT2D eigenvalue weighted by Crippen LogP contribution is 2.31. The third-order valence-electron chi connectivity index (χ3n) is 3.21. The summed E-state index contributed by atoms with van der Waals surface area (Å²) in [6.07, 6.45) is 3.91. The first-order chi connectivity index (χ1) is 8.24. The molecule has 0 spiro atoms. The molecule has 5 nitrogen and oxygen atoms in total. The first-order valence-electron chi connectivity index (χ1n) is 5.90. The fraction of sp³-hybridized carbons (Fsp3) is 0.583. The maximum Gasteiger partial charge on any atom is 0.147 e. The first kappa shape index (κ1) is 14.9. The molecule has 1 aromatic rings. The Morgan fingerprint density at radius 2 is 2.39 bits per heavy atom. The Labute approximate surface area is 113 Å². The van der Waals surface area contributed by atoms with E-state index in [9.17, 15) is 5.11 Å². The zero-order chi connectivity index (χ0) is 12.3. The molecule has 1 atom stereocenters. The van der Waals surface area contributed by atoms with Crippen LogP contribution in [0.5, 0.6) is 5.75 Å². The highest BCUT2D eigenvalue weighted by Gasteiger charge is 2.22. The van der Waals surface area contributed by atoms with E-state index < -0.39 is 0 Å². The monoisotopic (exact) mass is 273 g/mol. The molecule has 0 unspecified atom stereocenters. The standard InChI is InChI=1S/C12H19N3O2.ClH/c1-17-11-5-12(13)14-6-10(11)15-4-2-3-9(7-15)8-16;/h5-6,9,16H,2-4,7-8H2,1H3,(H2,13,14);1H/t9-;/m0./s1. The van der Waals surface area contributed by atoms with Crippen LogP contribution in [-0.4, -0.2) is 36.9 Å². The van der Waals surface area contributed by atoms with Crippen LogP contribution in [0.4, 0.5) is 11.5 Å². The Morgan fingerprint density at radius 1 is 1.61 bits per heavy atom. The molecular weight excluding hydrogens is 254 g/mol. The Hall–Kier alpha value is -1.20. The number of methoxy groups -OCH3 is 1. The number of hydrogen-bond donors (Lipinski definition) is 2. The number of hydrogen-bond acceptors (Lipinski definition) is 5. The van der Waals surface area contributed by atoms with Crippen molar-refractivity contribution >= 4 is 23.9 Å². The number of nitrogen functional groups attached to an aromatic ring is 1. The van der Waals surface area contributed by atoms with Crippen LogP contribution in [-0.2, 0) is 0 Å². The van der Waals surface area contributed by atoms with Crippen LogP contribution in [0.1, 0.15) is 12.8 Å². The second kappa shape index (κ2) is 6.66. The van der Waals surface area contributed by atoms with Crippen LogP contribution < -0.4 is 15.4 Å². The zero-order valence-electron chi connectivity index (χ0n) is 10.5. The largest absolute Gasteiger partial charge is 0.494 e. The summed E-state index contributed by atoms with van der Waals surface area (Å²) >= 11 is 0. The number of anilines is 2. The Balaban J connectivity index is 0.00000162. The van der Waals surface area contributed by atoms with Gasteiger partial charge in [0.15, 0.2) is 0 Å². The van der Waals surface area contributed by atoms with Gasteiger partial charge in [0.1, 0.15) is 11.6 Å². The van der Waals surface area contributed by atoms with E-state index in [-0.39, 0.29) is 19.0 Å². The highest BCUT2D eigenvalue weighted by molar-refractivity contribution is 5.85. The predicted octanol–water partition coefficient (Wildman–Crippen LogP) is 1.30. The van der Waals surface area contributed by atoms with Gasteiger partial charge in [-0.1, -0.05) is 0 Å². The quantitative estimate of drug-likeness (QED) is 0.869. The van der Waals surface area contributed by atoms with Gasteiger partial charge in [-0.25, -0.2) is 4.98 Å². The number of rotatable bonds is 3. The molecule has 2 rings (SSSR count). The number of ether oxygens (including phenoxy) is 1. The molecule has 0 saturated carbocycles. The van der Waals surface area contributed by atoms with Crippen molar-refractivity contribution in [2.45, 2.75) is 12.8 Å². The third-order valence-corrected chi connectivity index (χ3v) is 3.21. The average Bonchev–Trinajstić information content (AvgIpc) is 2.38. The van der Waals surface area contributed by atoms with E-state index in [1.54, 1.807) is 19.4 Å². The van der Waals surface area contributed by atoms with E-state index in [1.165, 1.54) is 0 Å². The Morgan fingerprint density at radius 3 is 3.06 bits per heavy atom. The molecule has 6 heteroatoms. The van der Waals surface area contributed by atoms with Crippen molar-refractivity contribution in [1.29, 1.82) is 0 Å². The van der Waals surface area contributed by atoms with Crippen LogP contribution >= 0.6 is 12.4 Å². The van der Waals surface area contributed by atoms with Crippen LogP contribution in [0.15, 0.2) is 12.3 Å². The van der Waals surface area contributed by atoms with Crippen molar-refractivity contribution in [3.63, 3.8) is 0 Å². The van der Waals surface area contributed by atoms with Gasteiger partial charge in [-0.3, -0.25) is 0 Å². The van der Waals surface area contributed by atoms with E-state index in [0.29, 0.717) is 11.7 Å². The summed E-state index contributed by atoms with van der Waals surface area (Å²) in [6.45, 7) is 2.05. The summed E-state index contributed by atoms with van der Waals surface area (Å²) in [7, 11) is 1.63. The van der Waals surface area contributed by atoms with E-state index in [2.05, 4.69) is 9.88 Å². The predicted molar refractivity (Wildman–Crippen MR) is 74.5 cm³/mol. The molecule has 1 aromatic heterocycles. The SMILES string of the molecule is COc1cc(N)ncc1N1CCC[C@H](CO)C1.Cl. The Bertz CT molecular complexity index is 390. The normalized spacial score (nSPS) is 19.2. The number of aliphatic hydroxyl groups excluding tert-OH is 1. The van der Waals surface area contributed by atoms with Crippen LogP contribution in [0.25, 0.3) is 0 Å². The van der Waals surface area contributed by atoms with Gasteiger partial charge in [0, 0.05) is 25.8 Å². The average molecular weight is 274 g/mol. The maximum atomic E-state index is 9.23. The lowest BCUT2D eigenvalue weighted by Gasteiger charge is -2.34. The summed E-state index contributed by atoms with van der Waals surface area (Å²) in [4.78, 5) is 6.31. The van der Waals surface area contributed by atoms with Crippen LogP contribution in [0.2, 0.25) is 0 Å². The second-order valence-electron chi connectivity index (χ2n) is 4.42. The summed E-state index contributed by atoms with van der Waals surface area (Å²) in [5, 5.41) is 9.23. The van der Waals surface area contributed by atoms with Gasteiger partial charge in [0.05, 0.1) is 19.0 Å². The topological polar surface area (TPSA) is 71.6 Å². The summed E-state index contributed by atoms with van der Waals surface area (Å²) in [5.41, 5.74) is 6.59. The van der Waals surface area contributed by atoms with Gasteiger partial charge >= 0.3 is 0 Å². The summed E-state index contributed by atoms with van der Waals surface area (Å²) in [6, 6.07) is 1.73. The molecule has 1 saturated heterocycles. The van der Waals surface area contributed by atoms with Crippen molar-refractivity contribution < 1.29 is 9.84 Å². The van der Waals surface area contributed by atoms with Crippen molar-refractivity contribution in [2.24, 2.45) is 5.92 Å². The summed E-state index contributed by atoms with van der Waals surface area (Å²) < 4.78 is 5.32. The minimum Gasteiger partial charge on any atom is -0.494 e. The smallest absolute Gasteiger partial charge is 0.147 e. The lowest BCUT2D eigenvalue weighted by Crippen LogP contribution is -2.37. The van der Waals surface area contributed by atoms with Crippen molar-refractivity contribution in [2.75, 3.05) is 37.4 Å². The van der Waals surface area contributed by atoms with Crippen LogP contribution in [0.3, 0.4) is 0 Å². The second-order valence-corrected chi connectivity index (χ2v) is 4.42. The molecule has 0 bridgehead atoms. The number of nitrogens with two attached hydrogens (primary N) is 1. The molecular formula is C12H20ClN3O2. The third kappa shape index (κ3) is 3.17. The molecule has 102 valence electrons. The van der Waals surface area contributed by atoms with Gasteiger partial charge in [-0.05, 0) is 18.8 Å². The highest BCUT2D eigenvalue weighted by atomic mass is 35.5. The van der Waals surface area contributed by atoms with Gasteiger partial charge in [0.25, 0.3) is 0 Å². The molecule has 3 N–H and O–H groups in total. The van der Waals surface area contributed by atoms with Gasteiger partial charge in [-0.2, -0.15) is 0 Å². The maximum absolute atomic E-state index is 9.23. The number of pyridine rings is 1. The molecule has 1 aliphatic rings. The molecule has 1 fully saturated rings. The zero-order valence-corrected chi connectivity index (χ0v) is 11.3. The van der Waals surface area contributed by atoms with Gasteiger partial charge in [0.2, 0.25) is 0 Å². The Kier molecular flexibility index (Phi) is 5.50. The number of halogens is 1. The fourth-order valence-corrected chi connectivity index (χ4v) is 2.28. The van der Waals surface area contributed by atoms with E-state index in [1.807, 2.05) is 0 Å². The molecule has 0 amide bonds.